The molecular weight excluding hydrogens is 528 g/mol. The molecule has 1 aromatic heterocycles. The monoisotopic (exact) mass is 553 g/mol. The molecule has 1 atom stereocenters. The predicted octanol–water partition coefficient (Wildman–Crippen LogP) is 7.25. The Morgan fingerprint density at radius 2 is 1.69 bits per heavy atom. The van der Waals surface area contributed by atoms with Gasteiger partial charge in [0.05, 0.1) is 11.6 Å². The maximum absolute atomic E-state index is 13.7. The van der Waals surface area contributed by atoms with Gasteiger partial charge in [0.1, 0.15) is 35.8 Å². The second-order valence-electron chi connectivity index (χ2n) is 8.92. The lowest BCUT2D eigenvalue weighted by atomic mass is 9.96. The number of carbonyl (C=O) groups is 2. The van der Waals surface area contributed by atoms with E-state index < -0.39 is 23.7 Å². The minimum atomic E-state index is -1.13. The van der Waals surface area contributed by atoms with E-state index in [0.717, 1.165) is 11.6 Å². The molecule has 4 aromatic rings. The van der Waals surface area contributed by atoms with Gasteiger partial charge in [0, 0.05) is 16.7 Å². The third-order valence-corrected chi connectivity index (χ3v) is 6.35. The second kappa shape index (κ2) is 12.7. The van der Waals surface area contributed by atoms with Crippen LogP contribution in [0.1, 0.15) is 41.4 Å². The first-order chi connectivity index (χ1) is 18.7. The Morgan fingerprint density at radius 3 is 2.38 bits per heavy atom. The normalized spacial score (nSPS) is 11.8. The summed E-state index contributed by atoms with van der Waals surface area (Å²) in [4.78, 5) is 24.7. The summed E-state index contributed by atoms with van der Waals surface area (Å²) < 4.78 is 38.5. The number of hydrogen-bond donors (Lipinski definition) is 2. The van der Waals surface area contributed by atoms with E-state index in [9.17, 15) is 23.5 Å². The topological polar surface area (TPSA) is 88.8 Å². The van der Waals surface area contributed by atoms with Gasteiger partial charge in [-0.2, -0.15) is 0 Å². The van der Waals surface area contributed by atoms with Gasteiger partial charge in [0.15, 0.2) is 0 Å². The fraction of sp³-hybridized carbons (Fsp3) is 0.200. The van der Waals surface area contributed by atoms with E-state index in [1.807, 2.05) is 6.92 Å². The number of amides is 1. The average Bonchev–Trinajstić information content (AvgIpc) is 3.37. The lowest BCUT2D eigenvalue weighted by Crippen LogP contribution is -2.40. The molecule has 0 aliphatic carbocycles. The molecule has 0 bridgehead atoms. The van der Waals surface area contributed by atoms with Crippen molar-refractivity contribution in [2.24, 2.45) is 0 Å². The van der Waals surface area contributed by atoms with Gasteiger partial charge in [-0.3, -0.25) is 4.79 Å². The molecule has 39 heavy (non-hydrogen) atoms. The first-order valence-electron chi connectivity index (χ1n) is 12.3. The third kappa shape index (κ3) is 7.10. The van der Waals surface area contributed by atoms with Gasteiger partial charge in [-0.05, 0) is 84.3 Å². The highest BCUT2D eigenvalue weighted by atomic mass is 35.5. The van der Waals surface area contributed by atoms with E-state index in [1.54, 1.807) is 42.5 Å². The van der Waals surface area contributed by atoms with Gasteiger partial charge in [-0.1, -0.05) is 31.0 Å². The number of carbonyl (C=O) groups excluding carboxylic acids is 1. The van der Waals surface area contributed by atoms with Gasteiger partial charge in [0.25, 0.3) is 5.91 Å². The van der Waals surface area contributed by atoms with Crippen LogP contribution in [-0.4, -0.2) is 23.0 Å². The van der Waals surface area contributed by atoms with Crippen molar-refractivity contribution in [2.75, 3.05) is 0 Å². The molecule has 0 aliphatic rings. The number of ether oxygens (including phenoxy) is 1. The van der Waals surface area contributed by atoms with E-state index in [4.69, 9.17) is 20.8 Å². The van der Waals surface area contributed by atoms with Crippen LogP contribution in [0, 0.1) is 11.6 Å². The van der Waals surface area contributed by atoms with Gasteiger partial charge in [-0.25, -0.2) is 13.6 Å². The number of furan rings is 1. The zero-order valence-corrected chi connectivity index (χ0v) is 21.8. The number of carboxylic acid groups (broad SMARTS) is 1. The standard InChI is InChI=1S/C30H26ClF2NO5/c1-2-3-27(30(36)37)34-29(35)24-11-4-18(14-25(24)23-12-9-21(33)15-26(23)31)16-38-17-22-10-13-28(39-22)19-5-7-20(32)8-6-19/h4-15,27H,2-3,16-17H2,1H3,(H,34,35)(H,36,37)/t27-/m0/s1. The highest BCUT2D eigenvalue weighted by Crippen LogP contribution is 2.32. The van der Waals surface area contributed by atoms with E-state index in [-0.39, 0.29) is 36.0 Å². The van der Waals surface area contributed by atoms with Crippen molar-refractivity contribution in [1.82, 2.24) is 5.32 Å². The Bertz CT molecular complexity index is 1470. The summed E-state index contributed by atoms with van der Waals surface area (Å²) in [6.07, 6.45) is 0.848. The van der Waals surface area contributed by atoms with Gasteiger partial charge < -0.3 is 19.6 Å². The average molecular weight is 554 g/mol. The predicted molar refractivity (Wildman–Crippen MR) is 143 cm³/mol. The van der Waals surface area contributed by atoms with Crippen LogP contribution < -0.4 is 5.32 Å². The lowest BCUT2D eigenvalue weighted by Gasteiger charge is -2.17. The molecule has 0 aliphatic heterocycles. The summed E-state index contributed by atoms with van der Waals surface area (Å²) in [5.41, 5.74) is 2.47. The molecule has 9 heteroatoms. The van der Waals surface area contributed by atoms with Gasteiger partial charge in [0.2, 0.25) is 0 Å². The summed E-state index contributed by atoms with van der Waals surface area (Å²) in [7, 11) is 0. The molecule has 6 nitrogen and oxygen atoms in total. The minimum Gasteiger partial charge on any atom is -0.480 e. The number of carboxylic acids is 1. The van der Waals surface area contributed by atoms with Crippen molar-refractivity contribution in [2.45, 2.75) is 39.0 Å². The number of rotatable bonds is 11. The largest absolute Gasteiger partial charge is 0.480 e. The number of nitrogens with one attached hydrogen (secondary N) is 1. The second-order valence-corrected chi connectivity index (χ2v) is 9.33. The molecule has 0 radical (unpaired) electrons. The Kier molecular flexibility index (Phi) is 9.11. The molecule has 2 N–H and O–H groups in total. The summed E-state index contributed by atoms with van der Waals surface area (Å²) in [6.45, 7) is 2.15. The third-order valence-electron chi connectivity index (χ3n) is 6.03. The van der Waals surface area contributed by atoms with Crippen molar-refractivity contribution < 1.29 is 32.6 Å². The molecule has 0 fully saturated rings. The minimum absolute atomic E-state index is 0.106. The Hall–Kier alpha value is -4.01. The molecule has 3 aromatic carbocycles. The summed E-state index contributed by atoms with van der Waals surface area (Å²) in [5, 5.41) is 12.1. The number of hydrogen-bond acceptors (Lipinski definition) is 4. The van der Waals surface area contributed by atoms with Crippen LogP contribution in [0.5, 0.6) is 0 Å². The van der Waals surface area contributed by atoms with Crippen LogP contribution in [0.25, 0.3) is 22.5 Å². The smallest absolute Gasteiger partial charge is 0.326 e. The van der Waals surface area contributed by atoms with Gasteiger partial charge in [-0.15, -0.1) is 0 Å². The van der Waals surface area contributed by atoms with E-state index in [2.05, 4.69) is 5.32 Å². The van der Waals surface area contributed by atoms with Gasteiger partial charge >= 0.3 is 5.97 Å². The van der Waals surface area contributed by atoms with Crippen LogP contribution in [0.2, 0.25) is 5.02 Å². The number of benzene rings is 3. The lowest BCUT2D eigenvalue weighted by molar-refractivity contribution is -0.139. The van der Waals surface area contributed by atoms with Crippen molar-refractivity contribution in [3.05, 3.63) is 106 Å². The van der Waals surface area contributed by atoms with Crippen LogP contribution in [0.4, 0.5) is 8.78 Å². The van der Waals surface area contributed by atoms with Crippen molar-refractivity contribution in [1.29, 1.82) is 0 Å². The van der Waals surface area contributed by atoms with E-state index in [1.165, 1.54) is 24.3 Å². The SMILES string of the molecule is CCC[C@H](NC(=O)c1ccc(COCc2ccc(-c3ccc(F)cc3)o2)cc1-c1ccc(F)cc1Cl)C(=O)O. The zero-order chi connectivity index (χ0) is 27.9. The highest BCUT2D eigenvalue weighted by Gasteiger charge is 2.23. The molecule has 0 saturated heterocycles. The van der Waals surface area contributed by atoms with Crippen LogP contribution >= 0.6 is 11.6 Å². The molecule has 1 heterocycles. The summed E-state index contributed by atoms with van der Waals surface area (Å²) in [5.74, 6) is -1.41. The summed E-state index contributed by atoms with van der Waals surface area (Å²) >= 11 is 6.31. The highest BCUT2D eigenvalue weighted by molar-refractivity contribution is 6.33. The number of halogens is 3. The Morgan fingerprint density at radius 1 is 0.949 bits per heavy atom. The summed E-state index contributed by atoms with van der Waals surface area (Å²) in [6, 6.07) is 17.3. The Labute approximate surface area is 229 Å². The van der Waals surface area contributed by atoms with E-state index >= 15 is 0 Å². The zero-order valence-electron chi connectivity index (χ0n) is 21.0. The van der Waals surface area contributed by atoms with Crippen LogP contribution in [0.3, 0.4) is 0 Å². The fourth-order valence-corrected chi connectivity index (χ4v) is 4.36. The van der Waals surface area contributed by atoms with Crippen molar-refractivity contribution >= 4 is 23.5 Å². The fourth-order valence-electron chi connectivity index (χ4n) is 4.09. The van der Waals surface area contributed by atoms with Crippen LogP contribution in [0.15, 0.2) is 77.2 Å². The quantitative estimate of drug-likeness (QED) is 0.204. The molecule has 0 spiro atoms. The number of aliphatic carboxylic acids is 1. The molecule has 0 unspecified atom stereocenters. The maximum atomic E-state index is 13.7. The molecule has 202 valence electrons. The molecule has 0 saturated carbocycles. The molecule has 1 amide bonds. The molecule has 4 rings (SSSR count). The van der Waals surface area contributed by atoms with Crippen LogP contribution in [-0.2, 0) is 22.7 Å². The maximum Gasteiger partial charge on any atom is 0.326 e. The molecular formula is C30H26ClF2NO5. The van der Waals surface area contributed by atoms with E-state index in [0.29, 0.717) is 34.6 Å². The first-order valence-corrected chi connectivity index (χ1v) is 12.7. The Balaban J connectivity index is 1.53. The van der Waals surface area contributed by atoms with Crippen molar-refractivity contribution in [3.63, 3.8) is 0 Å². The first kappa shape index (κ1) is 28.0. The van der Waals surface area contributed by atoms with Crippen molar-refractivity contribution in [3.8, 4) is 22.5 Å².